The molecule has 1 amide bonds. The van der Waals surface area contributed by atoms with Gasteiger partial charge >= 0.3 is 0 Å². The van der Waals surface area contributed by atoms with Gasteiger partial charge in [-0.25, -0.2) is 4.98 Å². The zero-order valence-corrected chi connectivity index (χ0v) is 16.2. The van der Waals surface area contributed by atoms with Crippen LogP contribution in [0.1, 0.15) is 21.6 Å². The van der Waals surface area contributed by atoms with Crippen LogP contribution in [-0.2, 0) is 4.79 Å². The van der Waals surface area contributed by atoms with E-state index in [0.29, 0.717) is 10.9 Å². The van der Waals surface area contributed by atoms with Gasteiger partial charge < -0.3 is 4.74 Å². The molecule has 2 aromatic carbocycles. The number of ether oxygens (including phenoxy) is 1. The van der Waals surface area contributed by atoms with Crippen molar-refractivity contribution in [3.63, 3.8) is 0 Å². The lowest BCUT2D eigenvalue weighted by atomic mass is 10.1. The second kappa shape index (κ2) is 7.70. The van der Waals surface area contributed by atoms with Crippen LogP contribution in [-0.4, -0.2) is 17.5 Å². The Morgan fingerprint density at radius 1 is 1.00 bits per heavy atom. The fourth-order valence-corrected chi connectivity index (χ4v) is 3.60. The second-order valence-corrected chi connectivity index (χ2v) is 7.65. The van der Waals surface area contributed by atoms with Crippen LogP contribution < -0.4 is 10.1 Å². The first kappa shape index (κ1) is 18.1. The third-order valence-corrected chi connectivity index (χ3v) is 4.82. The van der Waals surface area contributed by atoms with E-state index in [2.05, 4.69) is 35.4 Å². The maximum absolute atomic E-state index is 12.2. The van der Waals surface area contributed by atoms with Gasteiger partial charge in [0.25, 0.3) is 5.91 Å². The lowest BCUT2D eigenvalue weighted by Gasteiger charge is -2.07. The summed E-state index contributed by atoms with van der Waals surface area (Å²) >= 11 is 1.47. The van der Waals surface area contributed by atoms with Crippen molar-refractivity contribution in [2.24, 2.45) is 0 Å². The van der Waals surface area contributed by atoms with Crippen LogP contribution in [0.15, 0.2) is 42.5 Å². The molecular formula is C21H22N2O2S. The molecule has 0 bridgehead atoms. The van der Waals surface area contributed by atoms with Gasteiger partial charge in [0.15, 0.2) is 11.7 Å². The summed E-state index contributed by atoms with van der Waals surface area (Å²) in [5.41, 5.74) is 5.38. The van der Waals surface area contributed by atoms with E-state index in [4.69, 9.17) is 4.74 Å². The molecular weight excluding hydrogens is 344 g/mol. The van der Waals surface area contributed by atoms with E-state index < -0.39 is 0 Å². The molecule has 0 spiro atoms. The maximum Gasteiger partial charge on any atom is 0.264 e. The van der Waals surface area contributed by atoms with E-state index >= 15 is 0 Å². The Hall–Kier alpha value is -2.66. The van der Waals surface area contributed by atoms with Gasteiger partial charge in [-0.1, -0.05) is 35.9 Å². The standard InChI is InChI=1S/C21H22N2O2S/c1-13-5-7-17(8-6-13)20-16(4)26-21(23-20)22-19(24)12-25-18-10-14(2)9-15(3)11-18/h5-11H,12H2,1-4H3,(H,22,23,24). The Balaban J connectivity index is 1.64. The number of thiazole rings is 1. The molecule has 134 valence electrons. The maximum atomic E-state index is 12.2. The zero-order chi connectivity index (χ0) is 18.7. The fourth-order valence-electron chi connectivity index (χ4n) is 2.75. The monoisotopic (exact) mass is 366 g/mol. The molecule has 0 saturated carbocycles. The summed E-state index contributed by atoms with van der Waals surface area (Å²) in [6.07, 6.45) is 0. The lowest BCUT2D eigenvalue weighted by Crippen LogP contribution is -2.20. The van der Waals surface area contributed by atoms with Crippen LogP contribution in [0.2, 0.25) is 0 Å². The predicted octanol–water partition coefficient (Wildman–Crippen LogP) is 5.06. The molecule has 4 nitrogen and oxygen atoms in total. The molecule has 0 unspecified atom stereocenters. The van der Waals surface area contributed by atoms with Crippen LogP contribution in [0.25, 0.3) is 11.3 Å². The van der Waals surface area contributed by atoms with Gasteiger partial charge in [0, 0.05) is 10.4 Å². The number of aryl methyl sites for hydroxylation is 4. The summed E-state index contributed by atoms with van der Waals surface area (Å²) in [5.74, 6) is 0.488. The van der Waals surface area contributed by atoms with Crippen LogP contribution in [0.5, 0.6) is 5.75 Å². The highest BCUT2D eigenvalue weighted by Gasteiger charge is 2.12. The number of carbonyl (C=O) groups excluding carboxylic acids is 1. The molecule has 1 aromatic heterocycles. The van der Waals surface area contributed by atoms with E-state index in [-0.39, 0.29) is 12.5 Å². The molecule has 0 radical (unpaired) electrons. The van der Waals surface area contributed by atoms with Gasteiger partial charge in [-0.3, -0.25) is 10.1 Å². The number of hydrogen-bond donors (Lipinski definition) is 1. The van der Waals surface area contributed by atoms with E-state index in [0.717, 1.165) is 27.3 Å². The molecule has 26 heavy (non-hydrogen) atoms. The number of aromatic nitrogens is 1. The van der Waals surface area contributed by atoms with E-state index in [1.54, 1.807) is 0 Å². The Kier molecular flexibility index (Phi) is 5.38. The van der Waals surface area contributed by atoms with E-state index in [1.165, 1.54) is 16.9 Å². The van der Waals surface area contributed by atoms with Crippen molar-refractivity contribution in [1.29, 1.82) is 0 Å². The van der Waals surface area contributed by atoms with Crippen LogP contribution in [0, 0.1) is 27.7 Å². The number of nitrogens with zero attached hydrogens (tertiary/aromatic N) is 1. The SMILES string of the molecule is Cc1ccc(-c2nc(NC(=O)COc3cc(C)cc(C)c3)sc2C)cc1. The zero-order valence-electron chi connectivity index (χ0n) is 15.4. The first-order valence-electron chi connectivity index (χ1n) is 8.46. The Morgan fingerprint density at radius 3 is 2.31 bits per heavy atom. The van der Waals surface area contributed by atoms with Crippen LogP contribution >= 0.6 is 11.3 Å². The van der Waals surface area contributed by atoms with Crippen LogP contribution in [0.3, 0.4) is 0 Å². The average molecular weight is 366 g/mol. The largest absolute Gasteiger partial charge is 0.484 e. The van der Waals surface area contributed by atoms with Crippen molar-refractivity contribution in [2.45, 2.75) is 27.7 Å². The molecule has 5 heteroatoms. The Morgan fingerprint density at radius 2 is 1.65 bits per heavy atom. The Bertz CT molecular complexity index is 909. The summed E-state index contributed by atoms with van der Waals surface area (Å²) in [6.45, 7) is 8.03. The predicted molar refractivity (Wildman–Crippen MR) is 107 cm³/mol. The fraction of sp³-hybridized carbons (Fsp3) is 0.238. The number of amides is 1. The van der Waals surface area contributed by atoms with Gasteiger partial charge in [0.2, 0.25) is 0 Å². The van der Waals surface area contributed by atoms with Crippen molar-refractivity contribution in [1.82, 2.24) is 4.98 Å². The molecule has 0 atom stereocenters. The molecule has 1 heterocycles. The summed E-state index contributed by atoms with van der Waals surface area (Å²) in [6, 6.07) is 14.1. The van der Waals surface area contributed by atoms with Gasteiger partial charge in [0.05, 0.1) is 5.69 Å². The highest BCUT2D eigenvalue weighted by molar-refractivity contribution is 7.16. The van der Waals surface area contributed by atoms with Crippen molar-refractivity contribution in [2.75, 3.05) is 11.9 Å². The third-order valence-electron chi connectivity index (χ3n) is 3.93. The highest BCUT2D eigenvalue weighted by atomic mass is 32.1. The summed E-state index contributed by atoms with van der Waals surface area (Å²) in [7, 11) is 0. The molecule has 0 aliphatic carbocycles. The first-order chi connectivity index (χ1) is 12.4. The van der Waals surface area contributed by atoms with Crippen molar-refractivity contribution < 1.29 is 9.53 Å². The van der Waals surface area contributed by atoms with Gasteiger partial charge in [-0.15, -0.1) is 11.3 Å². The minimum absolute atomic E-state index is 0.0403. The third kappa shape index (κ3) is 4.49. The summed E-state index contributed by atoms with van der Waals surface area (Å²) < 4.78 is 5.60. The minimum atomic E-state index is -0.214. The molecule has 0 fully saturated rings. The lowest BCUT2D eigenvalue weighted by molar-refractivity contribution is -0.118. The molecule has 3 aromatic rings. The smallest absolute Gasteiger partial charge is 0.264 e. The number of nitrogens with one attached hydrogen (secondary N) is 1. The average Bonchev–Trinajstić information content (AvgIpc) is 2.93. The summed E-state index contributed by atoms with van der Waals surface area (Å²) in [4.78, 5) is 17.8. The number of hydrogen-bond acceptors (Lipinski definition) is 4. The number of anilines is 1. The van der Waals surface area contributed by atoms with E-state index in [9.17, 15) is 4.79 Å². The van der Waals surface area contributed by atoms with Crippen LogP contribution in [0.4, 0.5) is 5.13 Å². The molecule has 0 saturated heterocycles. The van der Waals surface area contributed by atoms with Gasteiger partial charge in [-0.2, -0.15) is 0 Å². The normalized spacial score (nSPS) is 10.6. The van der Waals surface area contributed by atoms with Crippen molar-refractivity contribution >= 4 is 22.4 Å². The first-order valence-corrected chi connectivity index (χ1v) is 9.28. The molecule has 1 N–H and O–H groups in total. The summed E-state index contributed by atoms with van der Waals surface area (Å²) in [5, 5.41) is 3.42. The second-order valence-electron chi connectivity index (χ2n) is 6.45. The highest BCUT2D eigenvalue weighted by Crippen LogP contribution is 2.30. The van der Waals surface area contributed by atoms with Gasteiger partial charge in [0.1, 0.15) is 5.75 Å². The van der Waals surface area contributed by atoms with E-state index in [1.807, 2.05) is 45.0 Å². The van der Waals surface area contributed by atoms with Gasteiger partial charge in [-0.05, 0) is 51.0 Å². The minimum Gasteiger partial charge on any atom is -0.484 e. The number of carbonyl (C=O) groups is 1. The molecule has 0 aliphatic rings. The quantitative estimate of drug-likeness (QED) is 0.686. The number of benzene rings is 2. The van der Waals surface area contributed by atoms with Crippen molar-refractivity contribution in [3.8, 4) is 17.0 Å². The molecule has 3 rings (SSSR count). The van der Waals surface area contributed by atoms with Crippen molar-refractivity contribution in [3.05, 3.63) is 64.0 Å². The topological polar surface area (TPSA) is 51.2 Å². The molecule has 0 aliphatic heterocycles. The Labute approximate surface area is 157 Å². The number of rotatable bonds is 5.